The number of nitrogens with zero attached hydrogens (tertiary/aromatic N) is 1. The molecule has 11 aromatic rings. The summed E-state index contributed by atoms with van der Waals surface area (Å²) in [5, 5.41) is 6.95. The lowest BCUT2D eigenvalue weighted by Crippen LogP contribution is -2.09. The molecule has 2 aromatic heterocycles. The minimum Gasteiger partial charge on any atom is -0.456 e. The normalized spacial score (nSPS) is 11.6. The van der Waals surface area contributed by atoms with Crippen LogP contribution in [0, 0.1) is 0 Å². The van der Waals surface area contributed by atoms with Crippen LogP contribution < -0.4 is 4.90 Å². The van der Waals surface area contributed by atoms with Crippen molar-refractivity contribution >= 4 is 71.7 Å². The summed E-state index contributed by atoms with van der Waals surface area (Å²) in [5.74, 6) is 0. The lowest BCUT2D eigenvalue weighted by atomic mass is 9.98. The number of hydrogen-bond acceptors (Lipinski definition) is 3. The summed E-state index contributed by atoms with van der Waals surface area (Å²) in [6.07, 6.45) is 0. The first-order chi connectivity index (χ1) is 27.2. The largest absolute Gasteiger partial charge is 0.456 e. The maximum absolute atomic E-state index is 6.72. The van der Waals surface area contributed by atoms with Gasteiger partial charge in [-0.25, -0.2) is 0 Å². The van der Waals surface area contributed by atoms with Gasteiger partial charge in [0.05, 0.1) is 0 Å². The highest BCUT2D eigenvalue weighted by atomic mass is 16.3. The van der Waals surface area contributed by atoms with Gasteiger partial charge in [0.25, 0.3) is 0 Å². The summed E-state index contributed by atoms with van der Waals surface area (Å²) in [4.78, 5) is 2.31. The van der Waals surface area contributed by atoms with Crippen LogP contribution in [-0.2, 0) is 0 Å². The van der Waals surface area contributed by atoms with Crippen LogP contribution in [0.15, 0.2) is 209 Å². The van der Waals surface area contributed by atoms with E-state index >= 15 is 0 Å². The molecule has 0 aliphatic carbocycles. The second-order valence-corrected chi connectivity index (χ2v) is 14.1. The molecule has 0 radical (unpaired) electrons. The average Bonchev–Trinajstić information content (AvgIpc) is 3.82. The first-order valence-corrected chi connectivity index (χ1v) is 18.7. The predicted octanol–water partition coefficient (Wildman–Crippen LogP) is 15.1. The molecule has 0 spiro atoms. The quantitative estimate of drug-likeness (QED) is 0.173. The molecule has 0 aliphatic rings. The fraction of sp³-hybridized carbons (Fsp3) is 0. The lowest BCUT2D eigenvalue weighted by molar-refractivity contribution is 0.669. The number of hydrogen-bond donors (Lipinski definition) is 0. The maximum Gasteiger partial charge on any atom is 0.143 e. The van der Waals surface area contributed by atoms with Gasteiger partial charge >= 0.3 is 0 Å². The molecule has 0 saturated carbocycles. The van der Waals surface area contributed by atoms with Crippen LogP contribution in [0.2, 0.25) is 0 Å². The van der Waals surface area contributed by atoms with Crippen LogP contribution in [0.25, 0.3) is 88.0 Å². The van der Waals surface area contributed by atoms with Gasteiger partial charge in [-0.05, 0) is 93.2 Å². The molecule has 0 unspecified atom stereocenters. The molecule has 3 heteroatoms. The minimum atomic E-state index is 0.852. The molecular weight excluding hydrogens is 671 g/mol. The smallest absolute Gasteiger partial charge is 0.143 e. The Balaban J connectivity index is 1.03. The van der Waals surface area contributed by atoms with Crippen molar-refractivity contribution in [3.05, 3.63) is 200 Å². The van der Waals surface area contributed by atoms with E-state index in [0.29, 0.717) is 0 Å². The molecule has 0 saturated heterocycles. The van der Waals surface area contributed by atoms with Crippen LogP contribution in [-0.4, -0.2) is 0 Å². The van der Waals surface area contributed by atoms with Crippen molar-refractivity contribution in [2.75, 3.05) is 4.90 Å². The predicted molar refractivity (Wildman–Crippen MR) is 229 cm³/mol. The van der Waals surface area contributed by atoms with E-state index in [4.69, 9.17) is 8.83 Å². The van der Waals surface area contributed by atoms with Gasteiger partial charge in [-0.15, -0.1) is 0 Å². The van der Waals surface area contributed by atoms with Crippen molar-refractivity contribution < 1.29 is 8.83 Å². The summed E-state index contributed by atoms with van der Waals surface area (Å²) in [5.41, 5.74) is 13.6. The zero-order valence-electron chi connectivity index (χ0n) is 29.8. The summed E-state index contributed by atoms with van der Waals surface area (Å²) >= 11 is 0. The first kappa shape index (κ1) is 31.2. The zero-order chi connectivity index (χ0) is 36.3. The standard InChI is InChI=1S/C52H33NO2/c1-2-10-36(11-3-1)44-17-9-18-47-46-30-29-41(33-51(46)55-52(44)47)53(40-27-22-37(23-28-40)43-16-8-13-35-12-4-5-14-42(35)43)39-25-20-34(21-26-39)38-24-31-50-48(32-38)45-15-6-7-19-49(45)54-50/h1-33H. The summed E-state index contributed by atoms with van der Waals surface area (Å²) < 4.78 is 12.8. The van der Waals surface area contributed by atoms with Crippen LogP contribution in [0.3, 0.4) is 0 Å². The van der Waals surface area contributed by atoms with Crippen molar-refractivity contribution in [2.24, 2.45) is 0 Å². The number of furan rings is 2. The van der Waals surface area contributed by atoms with Crippen molar-refractivity contribution in [1.29, 1.82) is 0 Å². The third-order valence-electron chi connectivity index (χ3n) is 10.9. The Hall–Kier alpha value is -7.36. The van der Waals surface area contributed by atoms with Crippen molar-refractivity contribution in [2.45, 2.75) is 0 Å². The Morgan fingerprint density at radius 3 is 1.71 bits per heavy atom. The number of benzene rings is 9. The Morgan fingerprint density at radius 2 is 0.873 bits per heavy atom. The van der Waals surface area contributed by atoms with E-state index in [1.807, 2.05) is 18.2 Å². The second-order valence-electron chi connectivity index (χ2n) is 14.1. The molecule has 0 amide bonds. The number of anilines is 3. The Labute approximate surface area is 317 Å². The second kappa shape index (κ2) is 12.6. The fourth-order valence-electron chi connectivity index (χ4n) is 8.19. The topological polar surface area (TPSA) is 29.5 Å². The molecular formula is C52H33NO2. The van der Waals surface area contributed by atoms with E-state index in [1.165, 1.54) is 21.9 Å². The Bertz CT molecular complexity index is 3180. The lowest BCUT2D eigenvalue weighted by Gasteiger charge is -2.26. The summed E-state index contributed by atoms with van der Waals surface area (Å²) in [6.45, 7) is 0. The summed E-state index contributed by atoms with van der Waals surface area (Å²) in [7, 11) is 0. The number of para-hydroxylation sites is 2. The molecule has 2 heterocycles. The molecule has 0 bridgehead atoms. The van der Waals surface area contributed by atoms with Gasteiger partial charge in [-0.1, -0.05) is 140 Å². The van der Waals surface area contributed by atoms with E-state index in [-0.39, 0.29) is 0 Å². The van der Waals surface area contributed by atoms with Crippen LogP contribution in [0.4, 0.5) is 17.1 Å². The summed E-state index contributed by atoms with van der Waals surface area (Å²) in [6, 6.07) is 71.0. The van der Waals surface area contributed by atoms with Gasteiger partial charge in [0, 0.05) is 50.2 Å². The van der Waals surface area contributed by atoms with Gasteiger partial charge in [-0.3, -0.25) is 0 Å². The molecule has 9 aromatic carbocycles. The van der Waals surface area contributed by atoms with Gasteiger partial charge in [0.2, 0.25) is 0 Å². The van der Waals surface area contributed by atoms with Crippen LogP contribution in [0.1, 0.15) is 0 Å². The van der Waals surface area contributed by atoms with E-state index in [2.05, 4.69) is 187 Å². The fourth-order valence-corrected chi connectivity index (χ4v) is 8.19. The third-order valence-corrected chi connectivity index (χ3v) is 10.9. The highest BCUT2D eigenvalue weighted by Crippen LogP contribution is 2.42. The van der Waals surface area contributed by atoms with Gasteiger partial charge in [0.15, 0.2) is 0 Å². The van der Waals surface area contributed by atoms with Crippen molar-refractivity contribution in [3.63, 3.8) is 0 Å². The highest BCUT2D eigenvalue weighted by molar-refractivity contribution is 6.10. The van der Waals surface area contributed by atoms with Gasteiger partial charge in [-0.2, -0.15) is 0 Å². The SMILES string of the molecule is c1ccc(-c2cccc3c2oc2cc(N(c4ccc(-c5ccc6oc7ccccc7c6c5)cc4)c4ccc(-c5cccc6ccccc56)cc4)ccc23)cc1. The highest BCUT2D eigenvalue weighted by Gasteiger charge is 2.18. The Kier molecular flexibility index (Phi) is 7.17. The van der Waals surface area contributed by atoms with E-state index in [1.54, 1.807) is 0 Å². The van der Waals surface area contributed by atoms with Crippen LogP contribution in [0.5, 0.6) is 0 Å². The maximum atomic E-state index is 6.72. The van der Waals surface area contributed by atoms with E-state index in [0.717, 1.165) is 83.2 Å². The van der Waals surface area contributed by atoms with Crippen LogP contribution >= 0.6 is 0 Å². The van der Waals surface area contributed by atoms with Gasteiger partial charge in [0.1, 0.15) is 22.3 Å². The minimum absolute atomic E-state index is 0.852. The zero-order valence-corrected chi connectivity index (χ0v) is 29.8. The molecule has 0 N–H and O–H groups in total. The molecule has 55 heavy (non-hydrogen) atoms. The molecule has 3 nitrogen and oxygen atoms in total. The van der Waals surface area contributed by atoms with E-state index < -0.39 is 0 Å². The first-order valence-electron chi connectivity index (χ1n) is 18.7. The van der Waals surface area contributed by atoms with Crippen molar-refractivity contribution in [3.8, 4) is 33.4 Å². The number of rotatable bonds is 6. The monoisotopic (exact) mass is 703 g/mol. The molecule has 0 fully saturated rings. The molecule has 11 rings (SSSR count). The third kappa shape index (κ3) is 5.28. The van der Waals surface area contributed by atoms with E-state index in [9.17, 15) is 0 Å². The number of fused-ring (bicyclic) bond motifs is 7. The Morgan fingerprint density at radius 1 is 0.291 bits per heavy atom. The average molecular weight is 704 g/mol. The molecule has 258 valence electrons. The molecule has 0 atom stereocenters. The van der Waals surface area contributed by atoms with Gasteiger partial charge < -0.3 is 13.7 Å². The van der Waals surface area contributed by atoms with Crippen molar-refractivity contribution in [1.82, 2.24) is 0 Å². The molecule has 0 aliphatic heterocycles.